The lowest BCUT2D eigenvalue weighted by Crippen LogP contribution is -2.47. The summed E-state index contributed by atoms with van der Waals surface area (Å²) in [6.45, 7) is 1.15. The molecule has 1 aromatic heterocycles. The van der Waals surface area contributed by atoms with E-state index >= 15 is 0 Å². The average Bonchev–Trinajstić information content (AvgIpc) is 2.92. The number of hydrogen-bond acceptors (Lipinski definition) is 3. The van der Waals surface area contributed by atoms with Crippen molar-refractivity contribution in [1.29, 1.82) is 0 Å². The van der Waals surface area contributed by atoms with Gasteiger partial charge < -0.3 is 10.2 Å². The van der Waals surface area contributed by atoms with E-state index in [0.717, 1.165) is 31.1 Å². The van der Waals surface area contributed by atoms with Crippen LogP contribution in [0.4, 0.5) is 0 Å². The molecule has 0 radical (unpaired) electrons. The van der Waals surface area contributed by atoms with Crippen LogP contribution in [-0.2, 0) is 13.5 Å². The number of piperidine rings is 1. The molecular formula is C14H26Cl2N4. The van der Waals surface area contributed by atoms with Gasteiger partial charge in [-0.15, -0.1) is 24.8 Å². The molecule has 2 aliphatic rings. The van der Waals surface area contributed by atoms with Crippen LogP contribution in [0.15, 0.2) is 12.4 Å². The van der Waals surface area contributed by atoms with Gasteiger partial charge in [0.05, 0.1) is 6.20 Å². The van der Waals surface area contributed by atoms with Crippen molar-refractivity contribution in [3.05, 3.63) is 18.0 Å². The molecule has 0 amide bonds. The maximum absolute atomic E-state index is 4.23. The minimum atomic E-state index is 0. The Bertz CT molecular complexity index is 398. The first kappa shape index (κ1) is 17.8. The Labute approximate surface area is 134 Å². The number of halogens is 2. The molecule has 3 heterocycles. The molecule has 2 fully saturated rings. The number of aryl methyl sites for hydroxylation is 1. The predicted octanol–water partition coefficient (Wildman–Crippen LogP) is 2.02. The summed E-state index contributed by atoms with van der Waals surface area (Å²) in [6.07, 6.45) is 10.7. The molecule has 0 saturated carbocycles. The summed E-state index contributed by atoms with van der Waals surface area (Å²) in [5.41, 5.74) is 1.35. The molecule has 0 spiro atoms. The molecule has 2 bridgehead atoms. The fourth-order valence-corrected chi connectivity index (χ4v) is 3.48. The van der Waals surface area contributed by atoms with E-state index in [1.807, 2.05) is 17.9 Å². The maximum atomic E-state index is 4.23. The van der Waals surface area contributed by atoms with Crippen LogP contribution in [0.5, 0.6) is 0 Å². The second-order valence-electron chi connectivity index (χ2n) is 6.02. The van der Waals surface area contributed by atoms with Crippen molar-refractivity contribution < 1.29 is 0 Å². The third kappa shape index (κ3) is 4.10. The van der Waals surface area contributed by atoms with Crippen molar-refractivity contribution in [1.82, 2.24) is 20.0 Å². The number of nitrogens with zero attached hydrogens (tertiary/aromatic N) is 3. The Kier molecular flexibility index (Phi) is 6.79. The van der Waals surface area contributed by atoms with E-state index in [9.17, 15) is 0 Å². The smallest absolute Gasteiger partial charge is 0.0522 e. The fraction of sp³-hybridized carbons (Fsp3) is 0.786. The molecule has 20 heavy (non-hydrogen) atoms. The molecule has 2 saturated heterocycles. The third-order valence-electron chi connectivity index (χ3n) is 4.58. The van der Waals surface area contributed by atoms with Gasteiger partial charge in [-0.1, -0.05) is 0 Å². The third-order valence-corrected chi connectivity index (χ3v) is 4.58. The predicted molar refractivity (Wildman–Crippen MR) is 87.0 cm³/mol. The highest BCUT2D eigenvalue weighted by Gasteiger charge is 2.34. The molecular weight excluding hydrogens is 295 g/mol. The van der Waals surface area contributed by atoms with E-state index in [2.05, 4.69) is 28.6 Å². The highest BCUT2D eigenvalue weighted by molar-refractivity contribution is 5.85. The average molecular weight is 321 g/mol. The Balaban J connectivity index is 0.000001000. The van der Waals surface area contributed by atoms with Gasteiger partial charge in [-0.05, 0) is 44.7 Å². The summed E-state index contributed by atoms with van der Waals surface area (Å²) in [7, 11) is 4.27. The Morgan fingerprint density at radius 1 is 1.30 bits per heavy atom. The van der Waals surface area contributed by atoms with E-state index < -0.39 is 0 Å². The van der Waals surface area contributed by atoms with E-state index in [1.165, 1.54) is 31.2 Å². The van der Waals surface area contributed by atoms with E-state index in [0.29, 0.717) is 0 Å². The summed E-state index contributed by atoms with van der Waals surface area (Å²) in [6, 6.07) is 2.35. The van der Waals surface area contributed by atoms with E-state index in [1.54, 1.807) is 0 Å². The molecule has 4 nitrogen and oxygen atoms in total. The molecule has 0 aromatic carbocycles. The van der Waals surface area contributed by atoms with Crippen LogP contribution in [0.2, 0.25) is 0 Å². The summed E-state index contributed by atoms with van der Waals surface area (Å²) in [5.74, 6) is 0. The first-order chi connectivity index (χ1) is 8.70. The van der Waals surface area contributed by atoms with Crippen LogP contribution in [-0.4, -0.2) is 46.4 Å². The number of nitrogens with one attached hydrogen (secondary N) is 1. The summed E-state index contributed by atoms with van der Waals surface area (Å²) < 4.78 is 1.89. The topological polar surface area (TPSA) is 33.1 Å². The van der Waals surface area contributed by atoms with Gasteiger partial charge in [-0.3, -0.25) is 4.68 Å². The second kappa shape index (κ2) is 7.64. The fourth-order valence-electron chi connectivity index (χ4n) is 3.48. The second-order valence-corrected chi connectivity index (χ2v) is 6.02. The molecule has 2 atom stereocenters. The van der Waals surface area contributed by atoms with Crippen LogP contribution in [0.1, 0.15) is 31.2 Å². The molecule has 1 aromatic rings. The molecule has 1 N–H and O–H groups in total. The zero-order valence-corrected chi connectivity index (χ0v) is 13.9. The number of likely N-dealkylation sites (N-methyl/N-ethyl adjacent to an activating group) is 1. The molecule has 0 aliphatic carbocycles. The highest BCUT2D eigenvalue weighted by atomic mass is 35.5. The summed E-state index contributed by atoms with van der Waals surface area (Å²) in [5, 5.41) is 7.94. The van der Waals surface area contributed by atoms with Crippen molar-refractivity contribution in [2.45, 2.75) is 50.2 Å². The van der Waals surface area contributed by atoms with Crippen LogP contribution in [0.3, 0.4) is 0 Å². The molecule has 3 rings (SSSR count). The van der Waals surface area contributed by atoms with Gasteiger partial charge in [0.25, 0.3) is 0 Å². The molecule has 2 unspecified atom stereocenters. The lowest BCUT2D eigenvalue weighted by atomic mass is 9.98. The van der Waals surface area contributed by atoms with Crippen LogP contribution in [0.25, 0.3) is 0 Å². The Morgan fingerprint density at radius 3 is 2.50 bits per heavy atom. The van der Waals surface area contributed by atoms with Crippen molar-refractivity contribution in [2.75, 3.05) is 13.6 Å². The standard InChI is InChI=1S/C14H24N4.2ClH/c1-17(6-5-11-9-15-18(2)10-11)14-7-12-3-4-13(8-14)16-12;;/h9-10,12-14,16H,3-8H2,1-2H3;2*1H. The highest BCUT2D eigenvalue weighted by Crippen LogP contribution is 2.29. The maximum Gasteiger partial charge on any atom is 0.0522 e. The van der Waals surface area contributed by atoms with Crippen LogP contribution < -0.4 is 5.32 Å². The first-order valence-electron chi connectivity index (χ1n) is 7.14. The zero-order chi connectivity index (χ0) is 12.5. The number of hydrogen-bond donors (Lipinski definition) is 1. The Hall–Kier alpha value is -0.290. The zero-order valence-electron chi connectivity index (χ0n) is 12.3. The van der Waals surface area contributed by atoms with Crippen LogP contribution in [0, 0.1) is 0 Å². The Morgan fingerprint density at radius 2 is 1.95 bits per heavy atom. The molecule has 6 heteroatoms. The van der Waals surface area contributed by atoms with Gasteiger partial charge in [-0.2, -0.15) is 5.10 Å². The monoisotopic (exact) mass is 320 g/mol. The normalized spacial score (nSPS) is 28.1. The van der Waals surface area contributed by atoms with Gasteiger partial charge in [0, 0.05) is 37.9 Å². The van der Waals surface area contributed by atoms with Crippen molar-refractivity contribution in [3.8, 4) is 0 Å². The minimum absolute atomic E-state index is 0. The van der Waals surface area contributed by atoms with E-state index in [-0.39, 0.29) is 24.8 Å². The number of fused-ring (bicyclic) bond motifs is 2. The van der Waals surface area contributed by atoms with Gasteiger partial charge in [0.15, 0.2) is 0 Å². The van der Waals surface area contributed by atoms with Crippen LogP contribution >= 0.6 is 24.8 Å². The van der Waals surface area contributed by atoms with Crippen molar-refractivity contribution in [2.24, 2.45) is 7.05 Å². The summed E-state index contributed by atoms with van der Waals surface area (Å²) >= 11 is 0. The van der Waals surface area contributed by atoms with E-state index in [4.69, 9.17) is 0 Å². The molecule has 116 valence electrons. The van der Waals surface area contributed by atoms with Crippen molar-refractivity contribution in [3.63, 3.8) is 0 Å². The quantitative estimate of drug-likeness (QED) is 0.921. The van der Waals surface area contributed by atoms with Crippen molar-refractivity contribution >= 4 is 24.8 Å². The number of aromatic nitrogens is 2. The number of rotatable bonds is 4. The molecule has 2 aliphatic heterocycles. The largest absolute Gasteiger partial charge is 0.311 e. The SMILES string of the molecule is CN(CCc1cnn(C)c1)C1CC2CCC(C1)N2.Cl.Cl. The first-order valence-corrected chi connectivity index (χ1v) is 7.14. The van der Waals surface area contributed by atoms with Gasteiger partial charge >= 0.3 is 0 Å². The summed E-state index contributed by atoms with van der Waals surface area (Å²) in [4.78, 5) is 2.55. The lowest BCUT2D eigenvalue weighted by molar-refractivity contribution is 0.174. The van der Waals surface area contributed by atoms with Gasteiger partial charge in [0.2, 0.25) is 0 Å². The minimum Gasteiger partial charge on any atom is -0.311 e. The van der Waals surface area contributed by atoms with Gasteiger partial charge in [-0.25, -0.2) is 0 Å². The lowest BCUT2D eigenvalue weighted by Gasteiger charge is -2.35. The van der Waals surface area contributed by atoms with Gasteiger partial charge in [0.1, 0.15) is 0 Å².